The molecule has 4 atom stereocenters. The Morgan fingerprint density at radius 1 is 0.966 bits per heavy atom. The van der Waals surface area contributed by atoms with E-state index in [1.165, 1.54) is 19.4 Å². The molecule has 5 heterocycles. The first-order valence-electron chi connectivity index (χ1n) is 20.5. The maximum atomic E-state index is 14.0. The van der Waals surface area contributed by atoms with Crippen molar-refractivity contribution in [1.82, 2.24) is 30.2 Å². The van der Waals surface area contributed by atoms with Gasteiger partial charge < -0.3 is 44.0 Å². The van der Waals surface area contributed by atoms with Crippen LogP contribution >= 0.6 is 0 Å². The maximum absolute atomic E-state index is 14.0. The van der Waals surface area contributed by atoms with Crippen LogP contribution < -0.4 is 29.0 Å². The number of amides is 3. The molecule has 9 rings (SSSR count). The average Bonchev–Trinajstić information content (AvgIpc) is 3.79. The number of hydrogen-bond acceptors (Lipinski definition) is 12. The second-order valence-electron chi connectivity index (χ2n) is 16.1. The van der Waals surface area contributed by atoms with Crippen LogP contribution in [0.25, 0.3) is 22.3 Å². The number of H-pyrrole nitrogens is 1. The molecule has 5 aliphatic rings. The number of hydrazone groups is 1. The summed E-state index contributed by atoms with van der Waals surface area (Å²) in [5, 5.41) is 20.3. The molecule has 3 fully saturated rings. The smallest absolute Gasteiger partial charge is 0.255 e. The van der Waals surface area contributed by atoms with E-state index in [1.54, 1.807) is 30.2 Å². The van der Waals surface area contributed by atoms with Crippen LogP contribution in [-0.4, -0.2) is 112 Å². The molecule has 1 saturated heterocycles. The van der Waals surface area contributed by atoms with Crippen LogP contribution in [0, 0.1) is 17.8 Å². The maximum Gasteiger partial charge on any atom is 0.255 e. The van der Waals surface area contributed by atoms with Gasteiger partial charge in [0.1, 0.15) is 29.3 Å². The molecular weight excluding hydrogens is 759 g/mol. The minimum Gasteiger partial charge on any atom is -0.493 e. The van der Waals surface area contributed by atoms with Gasteiger partial charge in [0.15, 0.2) is 23.0 Å². The number of aromatic amines is 1. The number of likely N-dealkylation sites (tertiary alicyclic amines) is 1. The van der Waals surface area contributed by atoms with Crippen molar-refractivity contribution in [2.24, 2.45) is 22.9 Å². The molecule has 3 amide bonds. The number of carbonyl (C=O) groups excluding carboxylic acids is 3. The molecule has 2 aromatic carbocycles. The summed E-state index contributed by atoms with van der Waals surface area (Å²) in [6, 6.07) is 7.94. The number of piperidine rings is 1. The number of ether oxygens (including phenoxy) is 5. The summed E-state index contributed by atoms with van der Waals surface area (Å²) in [7, 11) is 3.20. The van der Waals surface area contributed by atoms with Gasteiger partial charge in [-0.3, -0.25) is 14.4 Å². The standard InChI is InChI=1S/C43H49N7O9/c1-23(51)35(47-41(52)29-19-44-39-37(29)45-21-46-38(39)34-31(57-20-24-8-9-24)12-13-32-40(34)59-22-58-32)43(54)49-16-14-26(15-17-49)50-42(53)28-7-5-4-6-27(28)36(48-50)25-10-11-30(55-2)33(18-25)56-3/h10-13,18-19,21,23-24,26-28,35,44,51H,4-9,14-17,20,22H2,1-3H3,(H,47,52)/t23-,27+,28-,35+/m1/s1. The van der Waals surface area contributed by atoms with E-state index in [9.17, 15) is 19.5 Å². The number of methoxy groups -OCH3 is 2. The first-order chi connectivity index (χ1) is 28.7. The van der Waals surface area contributed by atoms with Gasteiger partial charge in [-0.15, -0.1) is 0 Å². The number of carbonyl (C=O) groups is 3. The van der Waals surface area contributed by atoms with Crippen molar-refractivity contribution >= 4 is 34.5 Å². The number of nitrogens with zero attached hydrogens (tertiary/aromatic N) is 5. The Balaban J connectivity index is 0.912. The van der Waals surface area contributed by atoms with Gasteiger partial charge in [-0.25, -0.2) is 15.0 Å². The number of rotatable bonds is 12. The summed E-state index contributed by atoms with van der Waals surface area (Å²) in [6.45, 7) is 2.75. The predicted octanol–water partition coefficient (Wildman–Crippen LogP) is 4.68. The Morgan fingerprint density at radius 2 is 1.73 bits per heavy atom. The lowest BCUT2D eigenvalue weighted by Crippen LogP contribution is -2.57. The summed E-state index contributed by atoms with van der Waals surface area (Å²) in [5.74, 6) is 2.25. The minimum absolute atomic E-state index is 0.0176. The van der Waals surface area contributed by atoms with Gasteiger partial charge >= 0.3 is 0 Å². The van der Waals surface area contributed by atoms with Gasteiger partial charge in [0.05, 0.1) is 55.3 Å². The summed E-state index contributed by atoms with van der Waals surface area (Å²) >= 11 is 0. The van der Waals surface area contributed by atoms with E-state index >= 15 is 0 Å². The largest absolute Gasteiger partial charge is 0.493 e. The van der Waals surface area contributed by atoms with E-state index < -0.39 is 24.0 Å². The van der Waals surface area contributed by atoms with Crippen LogP contribution in [-0.2, 0) is 9.59 Å². The molecule has 4 aromatic rings. The van der Waals surface area contributed by atoms with Gasteiger partial charge in [-0.1, -0.05) is 12.8 Å². The molecule has 2 aliphatic carbocycles. The lowest BCUT2D eigenvalue weighted by molar-refractivity contribution is -0.144. The molecular formula is C43H49N7O9. The van der Waals surface area contributed by atoms with Crippen LogP contribution in [0.1, 0.15) is 74.2 Å². The monoisotopic (exact) mass is 807 g/mol. The highest BCUT2D eigenvalue weighted by Crippen LogP contribution is 2.48. The van der Waals surface area contributed by atoms with Crippen LogP contribution in [0.3, 0.4) is 0 Å². The summed E-state index contributed by atoms with van der Waals surface area (Å²) in [4.78, 5) is 55.8. The summed E-state index contributed by atoms with van der Waals surface area (Å²) in [6.07, 6.45) is 8.63. The lowest BCUT2D eigenvalue weighted by atomic mass is 9.73. The highest BCUT2D eigenvalue weighted by molar-refractivity contribution is 6.09. The third-order valence-corrected chi connectivity index (χ3v) is 12.3. The quantitative estimate of drug-likeness (QED) is 0.180. The first kappa shape index (κ1) is 38.6. The van der Waals surface area contributed by atoms with E-state index in [0.29, 0.717) is 89.5 Å². The summed E-state index contributed by atoms with van der Waals surface area (Å²) < 4.78 is 28.8. The second-order valence-corrected chi connectivity index (χ2v) is 16.1. The van der Waals surface area contributed by atoms with Crippen molar-refractivity contribution in [2.45, 2.75) is 76.5 Å². The third-order valence-electron chi connectivity index (χ3n) is 12.3. The van der Waals surface area contributed by atoms with Crippen LogP contribution in [0.5, 0.6) is 28.7 Å². The zero-order valence-corrected chi connectivity index (χ0v) is 33.4. The van der Waals surface area contributed by atoms with Crippen LogP contribution in [0.2, 0.25) is 0 Å². The average molecular weight is 808 g/mol. The molecule has 3 N–H and O–H groups in total. The normalized spacial score (nSPS) is 21.4. The molecule has 0 radical (unpaired) electrons. The Labute approximate surface area is 341 Å². The van der Waals surface area contributed by atoms with Gasteiger partial charge in [-0.2, -0.15) is 5.10 Å². The van der Waals surface area contributed by atoms with Gasteiger partial charge in [0.2, 0.25) is 18.6 Å². The molecule has 16 nitrogen and oxygen atoms in total. The number of hydrogen-bond donors (Lipinski definition) is 3. The molecule has 0 bridgehead atoms. The van der Waals surface area contributed by atoms with Crippen LogP contribution in [0.4, 0.5) is 0 Å². The zero-order valence-electron chi connectivity index (χ0n) is 33.4. The van der Waals surface area contributed by atoms with Crippen molar-refractivity contribution in [3.63, 3.8) is 0 Å². The number of aliphatic hydroxyl groups is 1. The van der Waals surface area contributed by atoms with Crippen molar-refractivity contribution in [1.29, 1.82) is 0 Å². The van der Waals surface area contributed by atoms with Crippen molar-refractivity contribution in [2.75, 3.05) is 40.7 Å². The zero-order chi connectivity index (χ0) is 40.8. The summed E-state index contributed by atoms with van der Waals surface area (Å²) in [5.41, 5.74) is 3.82. The first-order valence-corrected chi connectivity index (χ1v) is 20.5. The fourth-order valence-electron chi connectivity index (χ4n) is 8.92. The lowest BCUT2D eigenvalue weighted by Gasteiger charge is -2.44. The van der Waals surface area contributed by atoms with Crippen molar-refractivity contribution in [3.8, 4) is 40.0 Å². The second kappa shape index (κ2) is 16.0. The molecule has 0 unspecified atom stereocenters. The topological polar surface area (TPSA) is 190 Å². The molecule has 59 heavy (non-hydrogen) atoms. The van der Waals surface area contributed by atoms with Crippen molar-refractivity contribution in [3.05, 3.63) is 54.0 Å². The van der Waals surface area contributed by atoms with Crippen molar-refractivity contribution < 1.29 is 43.2 Å². The number of fused-ring (bicyclic) bond motifs is 3. The number of benzene rings is 2. The van der Waals surface area contributed by atoms with E-state index in [4.69, 9.17) is 28.8 Å². The Morgan fingerprint density at radius 3 is 2.47 bits per heavy atom. The molecule has 16 heteroatoms. The fraction of sp³-hybridized carbons (Fsp3) is 0.488. The van der Waals surface area contributed by atoms with Gasteiger partial charge in [-0.05, 0) is 81.7 Å². The Kier molecular flexibility index (Phi) is 10.5. The number of nitrogens with one attached hydrogen (secondary N) is 2. The van der Waals surface area contributed by atoms with Gasteiger partial charge in [0, 0.05) is 36.7 Å². The van der Waals surface area contributed by atoms with Crippen LogP contribution in [0.15, 0.2) is 48.0 Å². The molecule has 2 aromatic heterocycles. The van der Waals surface area contributed by atoms with E-state index in [0.717, 1.165) is 49.8 Å². The Hall–Kier alpha value is -5.90. The highest BCUT2D eigenvalue weighted by atomic mass is 16.7. The predicted molar refractivity (Wildman–Crippen MR) is 215 cm³/mol. The SMILES string of the molecule is COc1ccc(C2=NN(C3CCN(C(=O)[C@@H](NC(=O)c4c[nH]c5c(-c6c(OCC7CC7)ccc7c6OCO7)ncnc45)[C@@H](C)O)CC3)C(=O)[C@@H]3CCCC[C@H]23)cc1OC. The van der Waals surface area contributed by atoms with E-state index in [-0.39, 0.29) is 36.1 Å². The molecule has 310 valence electrons. The van der Waals surface area contributed by atoms with E-state index in [2.05, 4.69) is 20.3 Å². The third kappa shape index (κ3) is 7.27. The molecule has 0 spiro atoms. The van der Waals surface area contributed by atoms with Gasteiger partial charge in [0.25, 0.3) is 5.91 Å². The minimum atomic E-state index is -1.23. The number of aliphatic hydroxyl groups excluding tert-OH is 1. The van der Waals surface area contributed by atoms with E-state index in [1.807, 2.05) is 24.3 Å². The molecule has 2 saturated carbocycles. The number of aromatic nitrogens is 3. The Bertz CT molecular complexity index is 2300. The highest BCUT2D eigenvalue weighted by Gasteiger charge is 2.44. The fourth-order valence-corrected chi connectivity index (χ4v) is 8.92. The molecule has 3 aliphatic heterocycles.